The van der Waals surface area contributed by atoms with E-state index < -0.39 is 5.97 Å². The number of carboxylic acid groups (broad SMARTS) is 1. The Bertz CT molecular complexity index is 898. The Morgan fingerprint density at radius 2 is 1.77 bits per heavy atom. The van der Waals surface area contributed by atoms with Crippen molar-refractivity contribution in [2.75, 3.05) is 7.11 Å². The van der Waals surface area contributed by atoms with Crippen molar-refractivity contribution in [2.45, 2.75) is 26.2 Å². The SMILES string of the molecule is CCc1cc(-c2ccc(-c3cc(CCC(=O)O)[nH]n3)cc2)ccc1OC. The maximum Gasteiger partial charge on any atom is 0.303 e. The highest BCUT2D eigenvalue weighted by atomic mass is 16.5. The monoisotopic (exact) mass is 350 g/mol. The summed E-state index contributed by atoms with van der Waals surface area (Å²) >= 11 is 0. The summed E-state index contributed by atoms with van der Waals surface area (Å²) in [6.07, 6.45) is 1.46. The number of hydrogen-bond donors (Lipinski definition) is 2. The lowest BCUT2D eigenvalue weighted by Crippen LogP contribution is -1.97. The number of aliphatic carboxylic acids is 1. The zero-order chi connectivity index (χ0) is 18.5. The summed E-state index contributed by atoms with van der Waals surface area (Å²) in [6.45, 7) is 2.12. The molecule has 0 spiro atoms. The number of benzene rings is 2. The Balaban J connectivity index is 1.79. The molecule has 5 nitrogen and oxygen atoms in total. The van der Waals surface area contributed by atoms with E-state index in [-0.39, 0.29) is 6.42 Å². The second kappa shape index (κ2) is 7.87. The lowest BCUT2D eigenvalue weighted by atomic mass is 9.99. The van der Waals surface area contributed by atoms with E-state index >= 15 is 0 Å². The molecule has 26 heavy (non-hydrogen) atoms. The molecule has 0 fully saturated rings. The van der Waals surface area contributed by atoms with Crippen molar-refractivity contribution >= 4 is 5.97 Å². The Hall–Kier alpha value is -3.08. The maximum atomic E-state index is 10.7. The van der Waals surface area contributed by atoms with Gasteiger partial charge in [0.15, 0.2) is 0 Å². The summed E-state index contributed by atoms with van der Waals surface area (Å²) < 4.78 is 5.39. The van der Waals surface area contributed by atoms with E-state index in [9.17, 15) is 4.79 Å². The van der Waals surface area contributed by atoms with Gasteiger partial charge in [-0.2, -0.15) is 5.10 Å². The van der Waals surface area contributed by atoms with Crippen LogP contribution in [0.1, 0.15) is 24.6 Å². The Labute approximate surface area is 152 Å². The predicted molar refractivity (Wildman–Crippen MR) is 101 cm³/mol. The van der Waals surface area contributed by atoms with Crippen LogP contribution < -0.4 is 4.74 Å². The van der Waals surface area contributed by atoms with Crippen molar-refractivity contribution < 1.29 is 14.6 Å². The molecule has 3 aromatic rings. The minimum absolute atomic E-state index is 0.0950. The first kappa shape index (κ1) is 17.7. The third-order valence-electron chi connectivity index (χ3n) is 4.41. The number of aromatic amines is 1. The summed E-state index contributed by atoms with van der Waals surface area (Å²) in [6, 6.07) is 16.3. The van der Waals surface area contributed by atoms with Crippen molar-refractivity contribution in [1.29, 1.82) is 0 Å². The van der Waals surface area contributed by atoms with Gasteiger partial charge in [0.2, 0.25) is 0 Å². The molecule has 134 valence electrons. The summed E-state index contributed by atoms with van der Waals surface area (Å²) in [4.78, 5) is 10.7. The molecule has 0 amide bonds. The van der Waals surface area contributed by atoms with E-state index in [0.717, 1.165) is 40.2 Å². The molecular formula is C21H22N2O3. The quantitative estimate of drug-likeness (QED) is 0.665. The van der Waals surface area contributed by atoms with Gasteiger partial charge < -0.3 is 9.84 Å². The molecule has 0 atom stereocenters. The molecule has 0 bridgehead atoms. The van der Waals surface area contributed by atoms with E-state index in [0.29, 0.717) is 6.42 Å². The van der Waals surface area contributed by atoms with Crippen molar-refractivity contribution in [3.8, 4) is 28.1 Å². The Morgan fingerprint density at radius 1 is 1.08 bits per heavy atom. The minimum atomic E-state index is -0.809. The predicted octanol–water partition coefficient (Wildman–Crippen LogP) is 4.33. The smallest absolute Gasteiger partial charge is 0.303 e. The third-order valence-corrected chi connectivity index (χ3v) is 4.41. The number of rotatable bonds is 7. The highest BCUT2D eigenvalue weighted by Crippen LogP contribution is 2.28. The number of nitrogens with zero attached hydrogens (tertiary/aromatic N) is 1. The van der Waals surface area contributed by atoms with Crippen molar-refractivity contribution in [3.63, 3.8) is 0 Å². The molecule has 3 rings (SSSR count). The van der Waals surface area contributed by atoms with E-state index in [1.54, 1.807) is 7.11 Å². The fraction of sp³-hybridized carbons (Fsp3) is 0.238. The number of H-pyrrole nitrogens is 1. The highest BCUT2D eigenvalue weighted by molar-refractivity contribution is 5.70. The van der Waals surface area contributed by atoms with E-state index in [4.69, 9.17) is 9.84 Å². The standard InChI is InChI=1S/C21H22N2O3/c1-3-14-12-17(8-10-20(14)26-2)15-4-6-16(7-5-15)19-13-18(22-23-19)9-11-21(24)25/h4-8,10,12-13H,3,9,11H2,1-2H3,(H,22,23)(H,24,25). The van der Waals surface area contributed by atoms with Gasteiger partial charge in [0.1, 0.15) is 5.75 Å². The number of carboxylic acids is 1. The molecule has 5 heteroatoms. The van der Waals surface area contributed by atoms with Crippen molar-refractivity contribution in [1.82, 2.24) is 10.2 Å². The second-order valence-electron chi connectivity index (χ2n) is 6.13. The van der Waals surface area contributed by atoms with Crippen LogP contribution in [0.15, 0.2) is 48.5 Å². The molecule has 1 heterocycles. The van der Waals surface area contributed by atoms with Crippen LogP contribution in [0, 0.1) is 0 Å². The highest BCUT2D eigenvalue weighted by Gasteiger charge is 2.08. The number of aromatic nitrogens is 2. The number of hydrogen-bond acceptors (Lipinski definition) is 3. The molecule has 0 unspecified atom stereocenters. The van der Waals surface area contributed by atoms with E-state index in [1.807, 2.05) is 24.3 Å². The largest absolute Gasteiger partial charge is 0.496 e. The topological polar surface area (TPSA) is 75.2 Å². The fourth-order valence-corrected chi connectivity index (χ4v) is 2.95. The molecule has 0 aliphatic heterocycles. The van der Waals surface area contributed by atoms with E-state index in [2.05, 4.69) is 41.4 Å². The van der Waals surface area contributed by atoms with Crippen LogP contribution in [0.4, 0.5) is 0 Å². The van der Waals surface area contributed by atoms with Crippen LogP contribution in [0.3, 0.4) is 0 Å². The van der Waals surface area contributed by atoms with Gasteiger partial charge in [-0.05, 0) is 47.7 Å². The first-order valence-corrected chi connectivity index (χ1v) is 8.64. The molecule has 1 aromatic heterocycles. The van der Waals surface area contributed by atoms with Gasteiger partial charge in [-0.3, -0.25) is 9.89 Å². The fourth-order valence-electron chi connectivity index (χ4n) is 2.95. The number of carbonyl (C=O) groups is 1. The lowest BCUT2D eigenvalue weighted by Gasteiger charge is -2.10. The van der Waals surface area contributed by atoms with Crippen LogP contribution in [0.5, 0.6) is 5.75 Å². The number of ether oxygens (including phenoxy) is 1. The van der Waals surface area contributed by atoms with Gasteiger partial charge in [-0.1, -0.05) is 37.3 Å². The Morgan fingerprint density at radius 3 is 2.42 bits per heavy atom. The number of nitrogens with one attached hydrogen (secondary N) is 1. The van der Waals surface area contributed by atoms with Gasteiger partial charge in [0, 0.05) is 11.3 Å². The molecular weight excluding hydrogens is 328 g/mol. The molecule has 0 radical (unpaired) electrons. The summed E-state index contributed by atoms with van der Waals surface area (Å²) in [5.41, 5.74) is 6.11. The molecule has 0 aliphatic carbocycles. The Kier molecular flexibility index (Phi) is 5.37. The van der Waals surface area contributed by atoms with Crippen LogP contribution in [0.2, 0.25) is 0 Å². The van der Waals surface area contributed by atoms with Crippen molar-refractivity contribution in [2.24, 2.45) is 0 Å². The lowest BCUT2D eigenvalue weighted by molar-refractivity contribution is -0.136. The zero-order valence-electron chi connectivity index (χ0n) is 15.0. The zero-order valence-corrected chi connectivity index (χ0v) is 15.0. The maximum absolute atomic E-state index is 10.7. The first-order valence-electron chi connectivity index (χ1n) is 8.64. The van der Waals surface area contributed by atoms with Crippen LogP contribution in [-0.4, -0.2) is 28.4 Å². The van der Waals surface area contributed by atoms with Gasteiger partial charge in [0.25, 0.3) is 0 Å². The normalized spacial score (nSPS) is 10.7. The number of methoxy groups -OCH3 is 1. The molecule has 2 N–H and O–H groups in total. The van der Waals surface area contributed by atoms with Gasteiger partial charge in [-0.15, -0.1) is 0 Å². The van der Waals surface area contributed by atoms with Gasteiger partial charge in [0.05, 0.1) is 19.2 Å². The first-order chi connectivity index (χ1) is 12.6. The van der Waals surface area contributed by atoms with Gasteiger partial charge >= 0.3 is 5.97 Å². The van der Waals surface area contributed by atoms with Crippen LogP contribution in [-0.2, 0) is 17.6 Å². The van der Waals surface area contributed by atoms with Gasteiger partial charge in [-0.25, -0.2) is 0 Å². The third kappa shape index (κ3) is 3.94. The summed E-state index contributed by atoms with van der Waals surface area (Å²) in [7, 11) is 1.69. The average molecular weight is 350 g/mol. The second-order valence-corrected chi connectivity index (χ2v) is 6.13. The molecule has 0 aliphatic rings. The molecule has 0 saturated carbocycles. The average Bonchev–Trinajstić information content (AvgIpc) is 3.15. The van der Waals surface area contributed by atoms with Crippen molar-refractivity contribution in [3.05, 3.63) is 59.8 Å². The summed E-state index contributed by atoms with van der Waals surface area (Å²) in [5, 5.41) is 16.0. The minimum Gasteiger partial charge on any atom is -0.496 e. The van der Waals surface area contributed by atoms with Crippen LogP contribution in [0.25, 0.3) is 22.4 Å². The van der Waals surface area contributed by atoms with Crippen LogP contribution >= 0.6 is 0 Å². The number of aryl methyl sites for hydroxylation is 2. The van der Waals surface area contributed by atoms with E-state index in [1.165, 1.54) is 5.56 Å². The summed E-state index contributed by atoms with van der Waals surface area (Å²) in [5.74, 6) is 0.106. The molecule has 0 saturated heterocycles. The molecule has 2 aromatic carbocycles.